The number of piperidine rings is 1. The summed E-state index contributed by atoms with van der Waals surface area (Å²) >= 11 is 6.05. The Balaban J connectivity index is 1.40. The standard InChI is InChI=1S/C32H40ClN3O4S2/c1-34-21-19-28(20-22-34)24-35(23-26-7-3-2-4-8-26)41(37,38)31-15-17-32(18-16-31)42(39,40)36(30-9-5-6-10-30)25-27-11-13-29(33)14-12-27/h2-4,7-8,11-18,28,30H,5-6,9-10,19-25H2,1H3. The van der Waals surface area contributed by atoms with Crippen molar-refractivity contribution in [1.82, 2.24) is 13.5 Å². The highest BCUT2D eigenvalue weighted by Gasteiger charge is 2.34. The highest BCUT2D eigenvalue weighted by atomic mass is 35.5. The fourth-order valence-electron chi connectivity index (χ4n) is 6.01. The summed E-state index contributed by atoms with van der Waals surface area (Å²) in [6, 6.07) is 22.5. The van der Waals surface area contributed by atoms with Gasteiger partial charge in [0.1, 0.15) is 0 Å². The Morgan fingerprint density at radius 3 is 1.86 bits per heavy atom. The van der Waals surface area contributed by atoms with Crippen LogP contribution in [-0.2, 0) is 33.1 Å². The first-order chi connectivity index (χ1) is 20.1. The quantitative estimate of drug-likeness (QED) is 0.260. The Kier molecular flexibility index (Phi) is 10.1. The molecule has 7 nitrogen and oxygen atoms in total. The molecule has 3 aromatic rings. The molecule has 1 heterocycles. The summed E-state index contributed by atoms with van der Waals surface area (Å²) in [7, 11) is -5.64. The van der Waals surface area contributed by atoms with E-state index in [2.05, 4.69) is 11.9 Å². The fourth-order valence-corrected chi connectivity index (χ4v) is 9.31. The number of nitrogens with zero attached hydrogens (tertiary/aromatic N) is 3. The zero-order chi connectivity index (χ0) is 29.7. The summed E-state index contributed by atoms with van der Waals surface area (Å²) in [5.41, 5.74) is 1.78. The van der Waals surface area contributed by atoms with Crippen LogP contribution in [0.2, 0.25) is 5.02 Å². The molecule has 5 rings (SSSR count). The van der Waals surface area contributed by atoms with Crippen LogP contribution in [0.4, 0.5) is 0 Å². The third-order valence-electron chi connectivity index (χ3n) is 8.55. The summed E-state index contributed by atoms with van der Waals surface area (Å²) in [5.74, 6) is 0.271. The highest BCUT2D eigenvalue weighted by Crippen LogP contribution is 2.32. The molecule has 1 aliphatic carbocycles. The molecule has 3 aromatic carbocycles. The smallest absolute Gasteiger partial charge is 0.243 e. The highest BCUT2D eigenvalue weighted by molar-refractivity contribution is 7.89. The maximum atomic E-state index is 14.0. The maximum Gasteiger partial charge on any atom is 0.243 e. The monoisotopic (exact) mass is 629 g/mol. The third-order valence-corrected chi connectivity index (χ3v) is 12.5. The van der Waals surface area contributed by atoms with Crippen LogP contribution in [-0.4, -0.2) is 63.1 Å². The van der Waals surface area contributed by atoms with Gasteiger partial charge in [0.05, 0.1) is 9.79 Å². The lowest BCUT2D eigenvalue weighted by Gasteiger charge is -2.33. The molecule has 0 radical (unpaired) electrons. The molecular formula is C32H40ClN3O4S2. The minimum absolute atomic E-state index is 0.0926. The van der Waals surface area contributed by atoms with Gasteiger partial charge in [-0.1, -0.05) is 66.9 Å². The van der Waals surface area contributed by atoms with Crippen molar-refractivity contribution in [3.63, 3.8) is 0 Å². The summed E-state index contributed by atoms with van der Waals surface area (Å²) in [6.07, 6.45) is 5.49. The number of likely N-dealkylation sites (tertiary alicyclic amines) is 1. The zero-order valence-corrected chi connectivity index (χ0v) is 26.5. The van der Waals surface area contributed by atoms with Gasteiger partial charge in [-0.2, -0.15) is 8.61 Å². The van der Waals surface area contributed by atoms with Crippen molar-refractivity contribution in [2.45, 2.75) is 67.4 Å². The Morgan fingerprint density at radius 1 is 0.714 bits per heavy atom. The van der Waals surface area contributed by atoms with Crippen LogP contribution < -0.4 is 0 Å². The van der Waals surface area contributed by atoms with Gasteiger partial charge >= 0.3 is 0 Å². The van der Waals surface area contributed by atoms with E-state index in [0.717, 1.165) is 62.7 Å². The van der Waals surface area contributed by atoms with Gasteiger partial charge in [0.15, 0.2) is 0 Å². The van der Waals surface area contributed by atoms with Crippen LogP contribution in [0.1, 0.15) is 49.7 Å². The van der Waals surface area contributed by atoms with Crippen molar-refractivity contribution in [1.29, 1.82) is 0 Å². The molecule has 0 unspecified atom stereocenters. The molecule has 2 aliphatic rings. The Bertz CT molecular complexity index is 1520. The second kappa shape index (κ2) is 13.6. The number of hydrogen-bond donors (Lipinski definition) is 0. The minimum atomic E-state index is -3.86. The molecule has 0 amide bonds. The molecule has 10 heteroatoms. The SMILES string of the molecule is CN1CCC(CN(Cc2ccccc2)S(=O)(=O)c2ccc(S(=O)(=O)N(Cc3ccc(Cl)cc3)C3CCCC3)cc2)CC1. The van der Waals surface area contributed by atoms with Gasteiger partial charge in [0.2, 0.25) is 20.0 Å². The Labute approximate surface area is 256 Å². The molecule has 226 valence electrons. The first-order valence-corrected chi connectivity index (χ1v) is 18.0. The Hall–Kier alpha value is -2.27. The van der Waals surface area contributed by atoms with E-state index < -0.39 is 20.0 Å². The van der Waals surface area contributed by atoms with Gasteiger partial charge in [-0.25, -0.2) is 16.8 Å². The first-order valence-electron chi connectivity index (χ1n) is 14.7. The maximum absolute atomic E-state index is 14.0. The number of sulfonamides is 2. The second-order valence-electron chi connectivity index (χ2n) is 11.6. The molecule has 0 N–H and O–H groups in total. The molecule has 0 atom stereocenters. The number of halogens is 1. The van der Waals surface area contributed by atoms with Gasteiger partial charge in [0.25, 0.3) is 0 Å². The fraction of sp³-hybridized carbons (Fsp3) is 0.438. The topological polar surface area (TPSA) is 78.0 Å². The van der Waals surface area contributed by atoms with Crippen molar-refractivity contribution in [2.75, 3.05) is 26.7 Å². The molecule has 2 fully saturated rings. The molecular weight excluding hydrogens is 590 g/mol. The Morgan fingerprint density at radius 2 is 1.26 bits per heavy atom. The normalized spacial score (nSPS) is 17.8. The first kappa shape index (κ1) is 31.2. The van der Waals surface area contributed by atoms with E-state index in [1.807, 2.05) is 42.5 Å². The summed E-state index contributed by atoms with van der Waals surface area (Å²) in [6.45, 7) is 2.84. The van der Waals surface area contributed by atoms with E-state index in [1.54, 1.807) is 20.7 Å². The number of benzene rings is 3. The van der Waals surface area contributed by atoms with Crippen LogP contribution in [0.5, 0.6) is 0 Å². The summed E-state index contributed by atoms with van der Waals surface area (Å²) in [4.78, 5) is 2.48. The van der Waals surface area contributed by atoms with E-state index in [4.69, 9.17) is 11.6 Å². The molecule has 1 aliphatic heterocycles. The predicted molar refractivity (Wildman–Crippen MR) is 167 cm³/mol. The van der Waals surface area contributed by atoms with Gasteiger partial charge in [-0.15, -0.1) is 0 Å². The van der Waals surface area contributed by atoms with Gasteiger partial charge in [0, 0.05) is 30.7 Å². The molecule has 42 heavy (non-hydrogen) atoms. The predicted octanol–water partition coefficient (Wildman–Crippen LogP) is 6.01. The van der Waals surface area contributed by atoms with E-state index >= 15 is 0 Å². The van der Waals surface area contributed by atoms with E-state index in [-0.39, 0.29) is 34.8 Å². The lowest BCUT2D eigenvalue weighted by atomic mass is 9.97. The van der Waals surface area contributed by atoms with Crippen molar-refractivity contribution in [3.8, 4) is 0 Å². The van der Waals surface area contributed by atoms with Gasteiger partial charge in [-0.3, -0.25) is 0 Å². The van der Waals surface area contributed by atoms with E-state index in [1.165, 1.54) is 24.3 Å². The zero-order valence-electron chi connectivity index (χ0n) is 24.1. The molecule has 0 spiro atoms. The van der Waals surface area contributed by atoms with E-state index in [0.29, 0.717) is 11.6 Å². The van der Waals surface area contributed by atoms with E-state index in [9.17, 15) is 16.8 Å². The average Bonchev–Trinajstić information content (AvgIpc) is 3.53. The largest absolute Gasteiger partial charge is 0.306 e. The van der Waals surface area contributed by atoms with Crippen LogP contribution in [0, 0.1) is 5.92 Å². The van der Waals surface area contributed by atoms with Crippen LogP contribution >= 0.6 is 11.6 Å². The van der Waals surface area contributed by atoms with Crippen molar-refractivity contribution < 1.29 is 16.8 Å². The van der Waals surface area contributed by atoms with Crippen molar-refractivity contribution in [2.24, 2.45) is 5.92 Å². The lowest BCUT2D eigenvalue weighted by molar-refractivity contribution is 0.194. The van der Waals surface area contributed by atoms with Crippen molar-refractivity contribution in [3.05, 3.63) is 95.0 Å². The molecule has 0 aromatic heterocycles. The van der Waals surface area contributed by atoms with Gasteiger partial charge in [-0.05, 0) is 99.3 Å². The third kappa shape index (κ3) is 7.44. The second-order valence-corrected chi connectivity index (χ2v) is 15.9. The minimum Gasteiger partial charge on any atom is -0.306 e. The average molecular weight is 630 g/mol. The molecule has 1 saturated heterocycles. The number of rotatable bonds is 11. The van der Waals surface area contributed by atoms with Crippen molar-refractivity contribution >= 4 is 31.6 Å². The molecule has 1 saturated carbocycles. The molecule has 0 bridgehead atoms. The van der Waals surface area contributed by atoms with Crippen LogP contribution in [0.3, 0.4) is 0 Å². The summed E-state index contributed by atoms with van der Waals surface area (Å²) in [5, 5.41) is 0.600. The lowest BCUT2D eigenvalue weighted by Crippen LogP contribution is -2.39. The number of hydrogen-bond acceptors (Lipinski definition) is 5. The van der Waals surface area contributed by atoms with Crippen LogP contribution in [0.15, 0.2) is 88.7 Å². The van der Waals surface area contributed by atoms with Gasteiger partial charge < -0.3 is 4.90 Å². The summed E-state index contributed by atoms with van der Waals surface area (Å²) < 4.78 is 59.0. The van der Waals surface area contributed by atoms with Crippen LogP contribution in [0.25, 0.3) is 0 Å².